The van der Waals surface area contributed by atoms with Crippen LogP contribution < -0.4 is 10.5 Å². The van der Waals surface area contributed by atoms with Crippen molar-refractivity contribution in [1.82, 2.24) is 0 Å². The van der Waals surface area contributed by atoms with Gasteiger partial charge in [0.1, 0.15) is 17.3 Å². The van der Waals surface area contributed by atoms with Gasteiger partial charge < -0.3 is 20.4 Å². The van der Waals surface area contributed by atoms with E-state index >= 15 is 0 Å². The number of amidine groups is 1. The van der Waals surface area contributed by atoms with Crippen molar-refractivity contribution in [2.45, 2.75) is 32.6 Å². The third-order valence-electron chi connectivity index (χ3n) is 4.01. The summed E-state index contributed by atoms with van der Waals surface area (Å²) in [6.45, 7) is 9.57. The fourth-order valence-electron chi connectivity index (χ4n) is 2.39. The number of aliphatic hydroxyl groups excluding tert-OH is 1. The van der Waals surface area contributed by atoms with E-state index in [1.807, 2.05) is 24.3 Å². The largest absolute Gasteiger partial charge is 0.508 e. The van der Waals surface area contributed by atoms with Gasteiger partial charge in [-0.25, -0.2) is 4.79 Å². The van der Waals surface area contributed by atoms with Gasteiger partial charge in [-0.15, -0.1) is 0 Å². The maximum Gasteiger partial charge on any atom is 0.372 e. The molecule has 0 bridgehead atoms. The Morgan fingerprint density at radius 1 is 1.11 bits per heavy atom. The summed E-state index contributed by atoms with van der Waals surface area (Å²) in [4.78, 5) is 16.6. The van der Waals surface area contributed by atoms with Crippen LogP contribution in [0.2, 0.25) is 0 Å². The number of ether oxygens (including phenoxy) is 1. The van der Waals surface area contributed by atoms with Crippen molar-refractivity contribution >= 4 is 17.6 Å². The van der Waals surface area contributed by atoms with Crippen LogP contribution in [0, 0.1) is 0 Å². The minimum absolute atomic E-state index is 0.00448. The predicted molar refractivity (Wildman–Crippen MR) is 110 cm³/mol. The molecule has 0 amide bonds. The molecule has 6 nitrogen and oxygen atoms in total. The van der Waals surface area contributed by atoms with E-state index in [0.717, 1.165) is 5.56 Å². The number of hydrogen-bond acceptors (Lipinski definition) is 5. The Balaban J connectivity index is 1.81. The SMILES string of the molecule is C=C(O)c1ccc(C/C(N)=N/OC(=O)COc2ccc(C(C)(C)C)cc2)cc1. The number of carbonyl (C=O) groups is 1. The second-order valence-corrected chi connectivity index (χ2v) is 7.43. The average Bonchev–Trinajstić information content (AvgIpc) is 2.64. The van der Waals surface area contributed by atoms with Gasteiger partial charge in [-0.05, 0) is 28.7 Å². The quantitative estimate of drug-likeness (QED) is 0.249. The van der Waals surface area contributed by atoms with Crippen LogP contribution in [0.3, 0.4) is 0 Å². The number of nitrogens with zero attached hydrogens (tertiary/aromatic N) is 1. The van der Waals surface area contributed by atoms with Crippen LogP contribution in [0.25, 0.3) is 5.76 Å². The van der Waals surface area contributed by atoms with Crippen LogP contribution >= 0.6 is 0 Å². The van der Waals surface area contributed by atoms with E-state index < -0.39 is 5.97 Å². The van der Waals surface area contributed by atoms with Crippen LogP contribution in [0.4, 0.5) is 0 Å². The molecule has 6 heteroatoms. The molecule has 0 aliphatic heterocycles. The molecule has 0 aliphatic carbocycles. The number of benzene rings is 2. The van der Waals surface area contributed by atoms with E-state index in [1.54, 1.807) is 24.3 Å². The number of carbonyl (C=O) groups excluding carboxylic acids is 1. The molecule has 0 radical (unpaired) electrons. The number of oxime groups is 1. The normalized spacial score (nSPS) is 11.8. The van der Waals surface area contributed by atoms with Crippen molar-refractivity contribution in [1.29, 1.82) is 0 Å². The highest BCUT2D eigenvalue weighted by Gasteiger charge is 2.13. The standard InChI is InChI=1S/C22H26N2O4/c1-15(25)17-7-5-16(6-8-17)13-20(23)24-28-21(26)14-27-19-11-9-18(10-12-19)22(2,3)4/h5-12,25H,1,13-14H2,2-4H3,(H2,23,24). The number of rotatable bonds is 7. The van der Waals surface area contributed by atoms with Crippen LogP contribution in [0.1, 0.15) is 37.5 Å². The zero-order valence-corrected chi connectivity index (χ0v) is 16.4. The average molecular weight is 382 g/mol. The van der Waals surface area contributed by atoms with Gasteiger partial charge >= 0.3 is 5.97 Å². The fourth-order valence-corrected chi connectivity index (χ4v) is 2.39. The zero-order chi connectivity index (χ0) is 20.7. The lowest BCUT2D eigenvalue weighted by atomic mass is 9.87. The molecule has 0 aromatic heterocycles. The summed E-state index contributed by atoms with van der Waals surface area (Å²) >= 11 is 0. The second-order valence-electron chi connectivity index (χ2n) is 7.43. The highest BCUT2D eigenvalue weighted by atomic mass is 16.7. The molecule has 2 aromatic carbocycles. The summed E-state index contributed by atoms with van der Waals surface area (Å²) < 4.78 is 5.41. The molecule has 0 fully saturated rings. The summed E-state index contributed by atoms with van der Waals surface area (Å²) in [7, 11) is 0. The Labute approximate surface area is 165 Å². The minimum Gasteiger partial charge on any atom is -0.508 e. The van der Waals surface area contributed by atoms with Gasteiger partial charge in [0.15, 0.2) is 6.61 Å². The molecule has 28 heavy (non-hydrogen) atoms. The van der Waals surface area contributed by atoms with Crippen LogP contribution in [0.15, 0.2) is 60.3 Å². The maximum atomic E-state index is 11.8. The molecule has 0 spiro atoms. The maximum absolute atomic E-state index is 11.8. The van der Waals surface area contributed by atoms with Crippen molar-refractivity contribution in [2.75, 3.05) is 6.61 Å². The molecular weight excluding hydrogens is 356 g/mol. The molecule has 2 rings (SSSR count). The smallest absolute Gasteiger partial charge is 0.372 e. The van der Waals surface area contributed by atoms with Gasteiger partial charge in [-0.3, -0.25) is 0 Å². The van der Waals surface area contributed by atoms with Crippen molar-refractivity contribution in [3.05, 3.63) is 71.8 Å². The van der Waals surface area contributed by atoms with Crippen LogP contribution in [-0.2, 0) is 21.5 Å². The highest BCUT2D eigenvalue weighted by Crippen LogP contribution is 2.24. The third-order valence-corrected chi connectivity index (χ3v) is 4.01. The summed E-state index contributed by atoms with van der Waals surface area (Å²) in [5.74, 6) is 0.0795. The number of nitrogens with two attached hydrogens (primary N) is 1. The van der Waals surface area contributed by atoms with Crippen molar-refractivity contribution in [2.24, 2.45) is 10.9 Å². The topological polar surface area (TPSA) is 94.1 Å². The van der Waals surface area contributed by atoms with Crippen LogP contribution in [-0.4, -0.2) is 23.5 Å². The Morgan fingerprint density at radius 2 is 1.71 bits per heavy atom. The van der Waals surface area contributed by atoms with Gasteiger partial charge in [0, 0.05) is 12.0 Å². The first-order chi connectivity index (χ1) is 13.1. The minimum atomic E-state index is -0.644. The van der Waals surface area contributed by atoms with Crippen molar-refractivity contribution < 1.29 is 19.5 Å². The van der Waals surface area contributed by atoms with Gasteiger partial charge in [0.2, 0.25) is 0 Å². The third kappa shape index (κ3) is 6.46. The van der Waals surface area contributed by atoms with Gasteiger partial charge in [-0.1, -0.05) is 68.9 Å². The summed E-state index contributed by atoms with van der Waals surface area (Å²) in [6, 6.07) is 14.6. The molecule has 0 heterocycles. The van der Waals surface area contributed by atoms with E-state index in [1.165, 1.54) is 5.56 Å². The highest BCUT2D eigenvalue weighted by molar-refractivity contribution is 5.83. The molecule has 0 saturated carbocycles. The zero-order valence-electron chi connectivity index (χ0n) is 16.4. The molecule has 3 N–H and O–H groups in total. The summed E-state index contributed by atoms with van der Waals surface area (Å²) in [6.07, 6.45) is 0.306. The Bertz CT molecular complexity index is 848. The molecule has 0 atom stereocenters. The molecule has 2 aromatic rings. The van der Waals surface area contributed by atoms with Crippen LogP contribution in [0.5, 0.6) is 5.75 Å². The van der Waals surface area contributed by atoms with Gasteiger partial charge in [0.25, 0.3) is 0 Å². The lowest BCUT2D eigenvalue weighted by Gasteiger charge is -2.19. The summed E-state index contributed by atoms with van der Waals surface area (Å²) in [5.41, 5.74) is 8.49. The monoisotopic (exact) mass is 382 g/mol. The lowest BCUT2D eigenvalue weighted by Crippen LogP contribution is -2.19. The molecule has 148 valence electrons. The first-order valence-corrected chi connectivity index (χ1v) is 8.88. The predicted octanol–water partition coefficient (Wildman–Crippen LogP) is 3.95. The van der Waals surface area contributed by atoms with Gasteiger partial charge in [-0.2, -0.15) is 0 Å². The van der Waals surface area contributed by atoms with E-state index in [9.17, 15) is 9.90 Å². The fraction of sp³-hybridized carbons (Fsp3) is 0.273. The lowest BCUT2D eigenvalue weighted by molar-refractivity contribution is -0.146. The van der Waals surface area contributed by atoms with E-state index in [4.69, 9.17) is 15.3 Å². The Hall–Kier alpha value is -3.28. The first kappa shape index (κ1) is 21.0. The Morgan fingerprint density at radius 3 is 2.25 bits per heavy atom. The molecule has 0 saturated heterocycles. The first-order valence-electron chi connectivity index (χ1n) is 8.88. The summed E-state index contributed by atoms with van der Waals surface area (Å²) in [5, 5.41) is 12.9. The Kier molecular flexibility index (Phi) is 6.82. The van der Waals surface area contributed by atoms with Crippen molar-refractivity contribution in [3.8, 4) is 5.75 Å². The number of aliphatic hydroxyl groups is 1. The van der Waals surface area contributed by atoms with E-state index in [2.05, 4.69) is 32.5 Å². The molecule has 0 unspecified atom stereocenters. The van der Waals surface area contributed by atoms with Crippen molar-refractivity contribution in [3.63, 3.8) is 0 Å². The second kappa shape index (κ2) is 9.08. The molecule has 0 aliphatic rings. The number of hydrogen-bond donors (Lipinski definition) is 2. The van der Waals surface area contributed by atoms with E-state index in [-0.39, 0.29) is 23.6 Å². The molecular formula is C22H26N2O4. The van der Waals surface area contributed by atoms with Gasteiger partial charge in [0.05, 0.1) is 0 Å². The van der Waals surface area contributed by atoms with E-state index in [0.29, 0.717) is 17.7 Å².